The van der Waals surface area contributed by atoms with Crippen LogP contribution in [-0.4, -0.2) is 51.9 Å². The van der Waals surface area contributed by atoms with Crippen LogP contribution in [-0.2, 0) is 7.05 Å². The molecule has 0 N–H and O–H groups in total. The Morgan fingerprint density at radius 2 is 2.08 bits per heavy atom. The van der Waals surface area contributed by atoms with E-state index in [1.807, 2.05) is 53.0 Å². The number of aromatic nitrogens is 2. The number of fused-ring (bicyclic) bond motifs is 1. The molecule has 1 fully saturated rings. The number of para-hydroxylation sites is 1. The van der Waals surface area contributed by atoms with E-state index in [1.54, 1.807) is 6.20 Å². The van der Waals surface area contributed by atoms with Gasteiger partial charge in [-0.2, -0.15) is 0 Å². The highest BCUT2D eigenvalue weighted by molar-refractivity contribution is 5.96. The van der Waals surface area contributed by atoms with Gasteiger partial charge in [-0.05, 0) is 19.2 Å². The van der Waals surface area contributed by atoms with Crippen molar-refractivity contribution in [1.29, 1.82) is 0 Å². The smallest absolute Gasteiger partial charge is 0.289 e. The molecule has 1 aliphatic rings. The van der Waals surface area contributed by atoms with Gasteiger partial charge in [-0.3, -0.25) is 9.69 Å². The molecule has 6 nitrogen and oxygen atoms in total. The minimum atomic E-state index is -0.0569. The van der Waals surface area contributed by atoms with Crippen molar-refractivity contribution in [3.63, 3.8) is 0 Å². The van der Waals surface area contributed by atoms with E-state index in [4.69, 9.17) is 4.42 Å². The number of furan rings is 1. The number of rotatable bonds is 2. The topological polar surface area (TPSA) is 54.5 Å². The molecular formula is C18H20N4O2. The van der Waals surface area contributed by atoms with E-state index in [9.17, 15) is 4.79 Å². The van der Waals surface area contributed by atoms with Gasteiger partial charge in [0.25, 0.3) is 5.91 Å². The Bertz CT molecular complexity index is 849. The maximum atomic E-state index is 12.9. The van der Waals surface area contributed by atoms with E-state index in [1.165, 1.54) is 0 Å². The van der Waals surface area contributed by atoms with Crippen molar-refractivity contribution in [2.75, 3.05) is 26.7 Å². The number of hydrogen-bond acceptors (Lipinski definition) is 4. The molecule has 0 spiro atoms. The minimum Gasteiger partial charge on any atom is -0.451 e. The molecule has 0 aliphatic carbocycles. The number of carbonyl (C=O) groups excluding carboxylic acids is 1. The van der Waals surface area contributed by atoms with Crippen molar-refractivity contribution in [2.24, 2.45) is 7.05 Å². The SMILES string of the molecule is CN1CCN(C(=O)c2cc3ccccc3o2)C[C@H]1c1nccn1C. The van der Waals surface area contributed by atoms with Gasteiger partial charge in [-0.25, -0.2) is 4.98 Å². The van der Waals surface area contributed by atoms with Crippen molar-refractivity contribution in [2.45, 2.75) is 6.04 Å². The maximum Gasteiger partial charge on any atom is 0.289 e. The molecule has 4 rings (SSSR count). The second kappa shape index (κ2) is 5.79. The molecule has 1 aromatic carbocycles. The Balaban J connectivity index is 1.59. The Labute approximate surface area is 140 Å². The number of likely N-dealkylation sites (N-methyl/N-ethyl adjacent to an activating group) is 1. The van der Waals surface area contributed by atoms with E-state index in [0.29, 0.717) is 18.8 Å². The summed E-state index contributed by atoms with van der Waals surface area (Å²) in [6, 6.07) is 9.60. The summed E-state index contributed by atoms with van der Waals surface area (Å²) in [6.07, 6.45) is 3.73. The van der Waals surface area contributed by atoms with Crippen LogP contribution in [0, 0.1) is 0 Å². The van der Waals surface area contributed by atoms with Crippen LogP contribution in [0.25, 0.3) is 11.0 Å². The lowest BCUT2D eigenvalue weighted by Crippen LogP contribution is -2.49. The summed E-state index contributed by atoms with van der Waals surface area (Å²) in [4.78, 5) is 21.4. The third-order valence-corrected chi connectivity index (χ3v) is 4.73. The van der Waals surface area contributed by atoms with Gasteiger partial charge in [0.05, 0.1) is 6.04 Å². The van der Waals surface area contributed by atoms with E-state index < -0.39 is 0 Å². The van der Waals surface area contributed by atoms with Crippen LogP contribution in [0.4, 0.5) is 0 Å². The largest absolute Gasteiger partial charge is 0.451 e. The van der Waals surface area contributed by atoms with Crippen LogP contribution < -0.4 is 0 Å². The molecule has 0 bridgehead atoms. The Hall–Kier alpha value is -2.60. The zero-order valence-electron chi connectivity index (χ0n) is 13.8. The zero-order valence-corrected chi connectivity index (χ0v) is 13.8. The van der Waals surface area contributed by atoms with Crippen molar-refractivity contribution < 1.29 is 9.21 Å². The van der Waals surface area contributed by atoms with Crippen molar-refractivity contribution in [1.82, 2.24) is 19.4 Å². The van der Waals surface area contributed by atoms with E-state index in [0.717, 1.165) is 23.3 Å². The molecule has 3 heterocycles. The van der Waals surface area contributed by atoms with Gasteiger partial charge in [-0.1, -0.05) is 18.2 Å². The Morgan fingerprint density at radius 1 is 1.25 bits per heavy atom. The fourth-order valence-electron chi connectivity index (χ4n) is 3.28. The maximum absolute atomic E-state index is 12.9. The Morgan fingerprint density at radius 3 is 2.83 bits per heavy atom. The van der Waals surface area contributed by atoms with Gasteiger partial charge in [0.2, 0.25) is 0 Å². The van der Waals surface area contributed by atoms with Crippen LogP contribution in [0.3, 0.4) is 0 Å². The lowest BCUT2D eigenvalue weighted by atomic mass is 10.1. The van der Waals surface area contributed by atoms with Crippen molar-refractivity contribution in [3.05, 3.63) is 54.3 Å². The first-order valence-corrected chi connectivity index (χ1v) is 8.09. The van der Waals surface area contributed by atoms with E-state index in [-0.39, 0.29) is 11.9 Å². The van der Waals surface area contributed by atoms with Crippen LogP contribution in [0.1, 0.15) is 22.4 Å². The third-order valence-electron chi connectivity index (χ3n) is 4.73. The summed E-state index contributed by atoms with van der Waals surface area (Å²) in [5.74, 6) is 1.32. The highest BCUT2D eigenvalue weighted by Crippen LogP contribution is 2.25. The number of hydrogen-bond donors (Lipinski definition) is 0. The normalized spacial score (nSPS) is 19.1. The number of imidazole rings is 1. The number of nitrogens with zero attached hydrogens (tertiary/aromatic N) is 4. The molecule has 6 heteroatoms. The molecule has 24 heavy (non-hydrogen) atoms. The fraction of sp³-hybridized carbons (Fsp3) is 0.333. The highest BCUT2D eigenvalue weighted by Gasteiger charge is 2.32. The molecule has 1 amide bonds. The van der Waals surface area contributed by atoms with Crippen LogP contribution in [0.15, 0.2) is 47.1 Å². The van der Waals surface area contributed by atoms with Crippen LogP contribution in [0.2, 0.25) is 0 Å². The summed E-state index contributed by atoms with van der Waals surface area (Å²) < 4.78 is 7.74. The predicted molar refractivity (Wildman–Crippen MR) is 90.7 cm³/mol. The first-order valence-electron chi connectivity index (χ1n) is 8.09. The molecule has 3 aromatic rings. The number of carbonyl (C=O) groups is 1. The number of piperazine rings is 1. The van der Waals surface area contributed by atoms with Gasteiger partial charge in [-0.15, -0.1) is 0 Å². The number of benzene rings is 1. The van der Waals surface area contributed by atoms with E-state index in [2.05, 4.69) is 16.9 Å². The molecule has 1 atom stereocenters. The molecule has 1 aliphatic heterocycles. The summed E-state index contributed by atoms with van der Waals surface area (Å²) in [6.45, 7) is 2.11. The summed E-state index contributed by atoms with van der Waals surface area (Å²) in [7, 11) is 4.05. The molecule has 124 valence electrons. The summed E-state index contributed by atoms with van der Waals surface area (Å²) >= 11 is 0. The average molecular weight is 324 g/mol. The summed E-state index contributed by atoms with van der Waals surface area (Å²) in [5.41, 5.74) is 0.746. The van der Waals surface area contributed by atoms with Gasteiger partial charge < -0.3 is 13.9 Å². The quantitative estimate of drug-likeness (QED) is 0.726. The van der Waals surface area contributed by atoms with Crippen LogP contribution in [0.5, 0.6) is 0 Å². The van der Waals surface area contributed by atoms with Gasteiger partial charge in [0.15, 0.2) is 5.76 Å². The lowest BCUT2D eigenvalue weighted by Gasteiger charge is -2.38. The van der Waals surface area contributed by atoms with Crippen molar-refractivity contribution >= 4 is 16.9 Å². The molecule has 0 radical (unpaired) electrons. The molecule has 0 saturated carbocycles. The highest BCUT2D eigenvalue weighted by atomic mass is 16.3. The van der Waals surface area contributed by atoms with Gasteiger partial charge in [0, 0.05) is 44.5 Å². The number of amides is 1. The number of aryl methyl sites for hydroxylation is 1. The second-order valence-corrected chi connectivity index (χ2v) is 6.29. The zero-order chi connectivity index (χ0) is 16.7. The Kier molecular flexibility index (Phi) is 3.61. The molecule has 1 saturated heterocycles. The minimum absolute atomic E-state index is 0.0569. The van der Waals surface area contributed by atoms with Crippen LogP contribution >= 0.6 is 0 Å². The van der Waals surface area contributed by atoms with Gasteiger partial charge >= 0.3 is 0 Å². The van der Waals surface area contributed by atoms with E-state index >= 15 is 0 Å². The first kappa shape index (κ1) is 15.0. The third kappa shape index (κ3) is 2.49. The molecule has 2 aromatic heterocycles. The standard InChI is InChI=1S/C18H20N4O2/c1-20-9-10-22(12-14(20)17-19-7-8-21(17)2)18(23)16-11-13-5-3-4-6-15(13)24-16/h3-8,11,14H,9-10,12H2,1-2H3/t14-/m0/s1. The van der Waals surface area contributed by atoms with Gasteiger partial charge in [0.1, 0.15) is 11.4 Å². The predicted octanol–water partition coefficient (Wildman–Crippen LogP) is 2.30. The fourth-order valence-corrected chi connectivity index (χ4v) is 3.28. The van der Waals surface area contributed by atoms with Crippen molar-refractivity contribution in [3.8, 4) is 0 Å². The first-order chi connectivity index (χ1) is 11.6. The lowest BCUT2D eigenvalue weighted by molar-refractivity contribution is 0.0502. The molecule has 0 unspecified atom stereocenters. The second-order valence-electron chi connectivity index (χ2n) is 6.29. The summed E-state index contributed by atoms with van der Waals surface area (Å²) in [5, 5.41) is 0.954. The monoisotopic (exact) mass is 324 g/mol. The average Bonchev–Trinajstić information content (AvgIpc) is 3.20. The molecular weight excluding hydrogens is 304 g/mol.